The molecule has 0 fully saturated rings. The van der Waals surface area contributed by atoms with E-state index in [0.717, 1.165) is 41.8 Å². The van der Waals surface area contributed by atoms with E-state index in [4.69, 9.17) is 4.42 Å². The Balaban J connectivity index is 1.40. The van der Waals surface area contributed by atoms with Crippen LogP contribution in [0.25, 0.3) is 11.3 Å². The summed E-state index contributed by atoms with van der Waals surface area (Å²) in [5, 5.41) is 7.47. The van der Waals surface area contributed by atoms with Gasteiger partial charge >= 0.3 is 0 Å². The standard InChI is InChI=1S/C25H27FN2O2S/c1-4-25(2,3)15-7-10-17-20(13-15)31-24-21(17)23(29)27-22(28-24)19-12-11-18(30-19)14-5-8-16(26)9-6-14/h5-6,8-9,11-12,15,22,28H,4,7,10,13H2,1-3H3,(H,27,29)/t15-,22+/m1/s1. The molecule has 0 saturated carbocycles. The average molecular weight is 439 g/mol. The van der Waals surface area contributed by atoms with Crippen molar-refractivity contribution in [3.63, 3.8) is 0 Å². The fourth-order valence-corrected chi connectivity index (χ4v) is 6.03. The van der Waals surface area contributed by atoms with Gasteiger partial charge in [0.2, 0.25) is 0 Å². The Labute approximate surface area is 185 Å². The van der Waals surface area contributed by atoms with E-state index in [1.54, 1.807) is 23.5 Å². The molecule has 2 atom stereocenters. The van der Waals surface area contributed by atoms with Gasteiger partial charge in [-0.05, 0) is 72.6 Å². The van der Waals surface area contributed by atoms with Crippen molar-refractivity contribution < 1.29 is 13.6 Å². The molecule has 0 bridgehead atoms. The van der Waals surface area contributed by atoms with E-state index < -0.39 is 6.17 Å². The van der Waals surface area contributed by atoms with Crippen molar-refractivity contribution in [3.05, 3.63) is 64.0 Å². The molecule has 3 heterocycles. The second kappa shape index (κ2) is 7.52. The summed E-state index contributed by atoms with van der Waals surface area (Å²) in [5.41, 5.74) is 3.14. The molecule has 31 heavy (non-hydrogen) atoms. The Bertz CT molecular complexity index is 1130. The molecule has 2 N–H and O–H groups in total. The molecule has 1 aliphatic carbocycles. The second-order valence-corrected chi connectivity index (χ2v) is 10.4. The molecule has 1 aliphatic heterocycles. The molecular weight excluding hydrogens is 411 g/mol. The van der Waals surface area contributed by atoms with Crippen molar-refractivity contribution >= 4 is 22.2 Å². The monoisotopic (exact) mass is 438 g/mol. The van der Waals surface area contributed by atoms with Gasteiger partial charge in [0.15, 0.2) is 6.17 Å². The lowest BCUT2D eigenvalue weighted by Gasteiger charge is -2.36. The summed E-state index contributed by atoms with van der Waals surface area (Å²) >= 11 is 1.72. The number of hydrogen-bond donors (Lipinski definition) is 2. The third kappa shape index (κ3) is 3.57. The maximum absolute atomic E-state index is 13.2. The van der Waals surface area contributed by atoms with Gasteiger partial charge in [0.25, 0.3) is 5.91 Å². The van der Waals surface area contributed by atoms with E-state index >= 15 is 0 Å². The summed E-state index contributed by atoms with van der Waals surface area (Å²) < 4.78 is 19.2. The smallest absolute Gasteiger partial charge is 0.256 e. The number of thiophene rings is 1. The first-order valence-electron chi connectivity index (χ1n) is 10.9. The lowest BCUT2D eigenvalue weighted by atomic mass is 9.69. The third-order valence-corrected chi connectivity index (χ3v) is 8.29. The van der Waals surface area contributed by atoms with Gasteiger partial charge in [-0.2, -0.15) is 0 Å². The Hall–Kier alpha value is -2.60. The van der Waals surface area contributed by atoms with Crippen LogP contribution < -0.4 is 10.6 Å². The van der Waals surface area contributed by atoms with Crippen molar-refractivity contribution in [2.45, 2.75) is 52.6 Å². The van der Waals surface area contributed by atoms with Crippen LogP contribution in [0.3, 0.4) is 0 Å². The average Bonchev–Trinajstić information content (AvgIpc) is 3.38. The van der Waals surface area contributed by atoms with Gasteiger partial charge in [-0.3, -0.25) is 4.79 Å². The van der Waals surface area contributed by atoms with Crippen LogP contribution in [-0.4, -0.2) is 5.91 Å². The van der Waals surface area contributed by atoms with Crippen molar-refractivity contribution in [1.82, 2.24) is 5.32 Å². The van der Waals surface area contributed by atoms with E-state index in [9.17, 15) is 9.18 Å². The van der Waals surface area contributed by atoms with Crippen LogP contribution in [0.2, 0.25) is 0 Å². The summed E-state index contributed by atoms with van der Waals surface area (Å²) in [5.74, 6) is 1.61. The Morgan fingerprint density at radius 3 is 2.68 bits per heavy atom. The van der Waals surface area contributed by atoms with Crippen molar-refractivity contribution in [2.24, 2.45) is 11.3 Å². The summed E-state index contributed by atoms with van der Waals surface area (Å²) in [6.45, 7) is 6.97. The van der Waals surface area contributed by atoms with Crippen LogP contribution in [0, 0.1) is 17.2 Å². The maximum Gasteiger partial charge on any atom is 0.256 e. The molecule has 0 unspecified atom stereocenters. The molecule has 0 saturated heterocycles. The van der Waals surface area contributed by atoms with E-state index in [1.165, 1.54) is 22.6 Å². The highest BCUT2D eigenvalue weighted by atomic mass is 32.1. The number of rotatable bonds is 4. The molecule has 6 heteroatoms. The number of furan rings is 1. The van der Waals surface area contributed by atoms with E-state index in [2.05, 4.69) is 31.4 Å². The molecular formula is C25H27FN2O2S. The minimum Gasteiger partial charge on any atom is -0.457 e. The summed E-state index contributed by atoms with van der Waals surface area (Å²) in [6.07, 6.45) is 3.88. The Kier molecular flexibility index (Phi) is 4.93. The first kappa shape index (κ1) is 20.3. The summed E-state index contributed by atoms with van der Waals surface area (Å²) in [6, 6.07) is 9.90. The molecule has 1 aromatic carbocycles. The highest BCUT2D eigenvalue weighted by molar-refractivity contribution is 7.16. The number of carbonyl (C=O) groups excluding carboxylic acids is 1. The molecule has 2 aliphatic rings. The number of anilines is 1. The van der Waals surface area contributed by atoms with E-state index in [0.29, 0.717) is 22.9 Å². The van der Waals surface area contributed by atoms with Gasteiger partial charge in [0.1, 0.15) is 22.3 Å². The molecule has 162 valence electrons. The van der Waals surface area contributed by atoms with Crippen LogP contribution in [0.15, 0.2) is 40.8 Å². The predicted octanol–water partition coefficient (Wildman–Crippen LogP) is 6.54. The van der Waals surface area contributed by atoms with Gasteiger partial charge in [-0.25, -0.2) is 4.39 Å². The molecule has 1 amide bonds. The lowest BCUT2D eigenvalue weighted by Crippen LogP contribution is -2.38. The first-order valence-corrected chi connectivity index (χ1v) is 11.7. The lowest BCUT2D eigenvalue weighted by molar-refractivity contribution is 0.0930. The molecule has 3 aromatic rings. The van der Waals surface area contributed by atoms with E-state index in [1.807, 2.05) is 12.1 Å². The number of hydrogen-bond acceptors (Lipinski definition) is 4. The molecule has 0 spiro atoms. The van der Waals surface area contributed by atoms with Crippen LogP contribution in [0.4, 0.5) is 9.39 Å². The zero-order chi connectivity index (χ0) is 21.8. The topological polar surface area (TPSA) is 54.3 Å². The normalized spacial score (nSPS) is 20.6. The highest BCUT2D eigenvalue weighted by Crippen LogP contribution is 2.47. The van der Waals surface area contributed by atoms with Crippen LogP contribution >= 0.6 is 11.3 Å². The zero-order valence-electron chi connectivity index (χ0n) is 18.0. The summed E-state index contributed by atoms with van der Waals surface area (Å²) in [7, 11) is 0. The van der Waals surface area contributed by atoms with Gasteiger partial charge in [-0.15, -0.1) is 11.3 Å². The SMILES string of the molecule is CCC(C)(C)[C@@H]1CCc2c(sc3c2C(=O)N[C@H](c2ccc(-c4ccc(F)cc4)o2)N3)C1. The van der Waals surface area contributed by atoms with Gasteiger partial charge in [0, 0.05) is 10.4 Å². The largest absolute Gasteiger partial charge is 0.457 e. The van der Waals surface area contributed by atoms with Crippen LogP contribution in [0.1, 0.15) is 66.3 Å². The van der Waals surface area contributed by atoms with Gasteiger partial charge in [-0.1, -0.05) is 27.2 Å². The summed E-state index contributed by atoms with van der Waals surface area (Å²) in [4.78, 5) is 14.4. The molecule has 5 rings (SSSR count). The van der Waals surface area contributed by atoms with Crippen molar-refractivity contribution in [2.75, 3.05) is 5.32 Å². The first-order chi connectivity index (χ1) is 14.9. The zero-order valence-corrected chi connectivity index (χ0v) is 18.9. The maximum atomic E-state index is 13.2. The Morgan fingerprint density at radius 2 is 1.94 bits per heavy atom. The van der Waals surface area contributed by atoms with Crippen LogP contribution in [-0.2, 0) is 12.8 Å². The molecule has 4 nitrogen and oxygen atoms in total. The number of carbonyl (C=O) groups is 1. The van der Waals surface area contributed by atoms with Crippen molar-refractivity contribution in [3.8, 4) is 11.3 Å². The number of benzene rings is 1. The van der Waals surface area contributed by atoms with E-state index in [-0.39, 0.29) is 11.7 Å². The number of fused-ring (bicyclic) bond motifs is 3. The number of amides is 1. The number of halogens is 1. The minimum atomic E-state index is -0.419. The number of nitrogens with one attached hydrogen (secondary N) is 2. The quantitative estimate of drug-likeness (QED) is 0.486. The molecule has 2 aromatic heterocycles. The van der Waals surface area contributed by atoms with Crippen LogP contribution in [0.5, 0.6) is 0 Å². The van der Waals surface area contributed by atoms with Gasteiger partial charge in [0.05, 0.1) is 5.56 Å². The third-order valence-electron chi connectivity index (χ3n) is 7.10. The fourth-order valence-electron chi connectivity index (χ4n) is 4.67. The minimum absolute atomic E-state index is 0.0378. The van der Waals surface area contributed by atoms with Gasteiger partial charge < -0.3 is 15.1 Å². The predicted molar refractivity (Wildman–Crippen MR) is 122 cm³/mol. The Morgan fingerprint density at radius 1 is 1.16 bits per heavy atom. The van der Waals surface area contributed by atoms with Crippen molar-refractivity contribution in [1.29, 1.82) is 0 Å². The second-order valence-electron chi connectivity index (χ2n) is 9.25. The molecule has 0 radical (unpaired) electrons. The fraction of sp³-hybridized carbons (Fsp3) is 0.400. The highest BCUT2D eigenvalue weighted by Gasteiger charge is 2.37.